The summed E-state index contributed by atoms with van der Waals surface area (Å²) in [6.45, 7) is 4.16. The van der Waals surface area contributed by atoms with Crippen LogP contribution in [0.25, 0.3) is 0 Å². The lowest BCUT2D eigenvalue weighted by Gasteiger charge is -2.24. The Kier molecular flexibility index (Phi) is 7.33. The number of rotatable bonds is 8. The minimum atomic E-state index is -0.151. The molecule has 0 aliphatic rings. The fraction of sp³-hybridized carbons (Fsp3) is 0.261. The van der Waals surface area contributed by atoms with Gasteiger partial charge in [-0.15, -0.1) is 0 Å². The van der Waals surface area contributed by atoms with Crippen molar-refractivity contribution in [2.24, 2.45) is 0 Å². The zero-order chi connectivity index (χ0) is 20.6. The number of aryl methyl sites for hydroxylation is 1. The molecule has 0 saturated carbocycles. The first-order valence-corrected chi connectivity index (χ1v) is 9.93. The van der Waals surface area contributed by atoms with E-state index in [1.54, 1.807) is 12.0 Å². The second-order valence-corrected chi connectivity index (χ2v) is 7.40. The van der Waals surface area contributed by atoms with E-state index in [-0.39, 0.29) is 6.03 Å². The fourth-order valence-corrected chi connectivity index (χ4v) is 3.28. The SMILES string of the molecule is COCCN(Cc1cccn1Cc1cccc(Cl)c1)C(=O)Nc1ccc(C)cc1. The van der Waals surface area contributed by atoms with E-state index in [0.29, 0.717) is 26.2 Å². The minimum absolute atomic E-state index is 0.151. The number of hydrogen-bond acceptors (Lipinski definition) is 2. The van der Waals surface area contributed by atoms with Crippen LogP contribution in [0.1, 0.15) is 16.8 Å². The Morgan fingerprint density at radius 1 is 1.14 bits per heavy atom. The molecule has 0 spiro atoms. The summed E-state index contributed by atoms with van der Waals surface area (Å²) in [5.41, 5.74) is 4.08. The summed E-state index contributed by atoms with van der Waals surface area (Å²) in [6.07, 6.45) is 2.02. The number of anilines is 1. The van der Waals surface area contributed by atoms with Gasteiger partial charge in [0.15, 0.2) is 0 Å². The zero-order valence-corrected chi connectivity index (χ0v) is 17.5. The molecule has 1 aromatic heterocycles. The number of hydrogen-bond donors (Lipinski definition) is 1. The van der Waals surface area contributed by atoms with Crippen LogP contribution in [0.2, 0.25) is 5.02 Å². The molecule has 0 fully saturated rings. The number of urea groups is 1. The van der Waals surface area contributed by atoms with Crippen LogP contribution < -0.4 is 5.32 Å². The Morgan fingerprint density at radius 3 is 2.66 bits per heavy atom. The Hall–Kier alpha value is -2.76. The average Bonchev–Trinajstić information content (AvgIpc) is 3.13. The maximum absolute atomic E-state index is 12.9. The number of carbonyl (C=O) groups is 1. The molecule has 1 heterocycles. The van der Waals surface area contributed by atoms with Crippen molar-refractivity contribution in [3.8, 4) is 0 Å². The molecule has 1 N–H and O–H groups in total. The normalized spacial score (nSPS) is 10.7. The number of nitrogens with zero attached hydrogens (tertiary/aromatic N) is 2. The Balaban J connectivity index is 1.72. The summed E-state index contributed by atoms with van der Waals surface area (Å²) in [5.74, 6) is 0. The smallest absolute Gasteiger partial charge is 0.322 e. The van der Waals surface area contributed by atoms with Gasteiger partial charge in [-0.2, -0.15) is 0 Å². The molecule has 0 saturated heterocycles. The first-order valence-electron chi connectivity index (χ1n) is 9.55. The monoisotopic (exact) mass is 411 g/mol. The molecular formula is C23H26ClN3O2. The van der Waals surface area contributed by atoms with E-state index < -0.39 is 0 Å². The summed E-state index contributed by atoms with van der Waals surface area (Å²) in [6, 6.07) is 19.4. The van der Waals surface area contributed by atoms with Crippen molar-refractivity contribution in [2.45, 2.75) is 20.0 Å². The van der Waals surface area contributed by atoms with Gasteiger partial charge >= 0.3 is 6.03 Å². The lowest BCUT2D eigenvalue weighted by atomic mass is 10.2. The zero-order valence-electron chi connectivity index (χ0n) is 16.8. The lowest BCUT2D eigenvalue weighted by Crippen LogP contribution is -2.37. The number of halogens is 1. The maximum atomic E-state index is 12.9. The highest BCUT2D eigenvalue weighted by molar-refractivity contribution is 6.30. The van der Waals surface area contributed by atoms with Gasteiger partial charge in [-0.25, -0.2) is 4.79 Å². The van der Waals surface area contributed by atoms with Crippen molar-refractivity contribution in [3.05, 3.63) is 88.7 Å². The van der Waals surface area contributed by atoms with Gasteiger partial charge in [-0.3, -0.25) is 0 Å². The van der Waals surface area contributed by atoms with Crippen LogP contribution >= 0.6 is 11.6 Å². The van der Waals surface area contributed by atoms with Gasteiger partial charge < -0.3 is 19.5 Å². The van der Waals surface area contributed by atoms with Crippen molar-refractivity contribution >= 4 is 23.3 Å². The van der Waals surface area contributed by atoms with E-state index in [0.717, 1.165) is 27.5 Å². The summed E-state index contributed by atoms with van der Waals surface area (Å²) in [4.78, 5) is 14.6. The Bertz CT molecular complexity index is 937. The molecule has 0 aliphatic carbocycles. The van der Waals surface area contributed by atoms with Crippen molar-refractivity contribution < 1.29 is 9.53 Å². The first-order chi connectivity index (χ1) is 14.0. The number of aromatic nitrogens is 1. The van der Waals surface area contributed by atoms with E-state index >= 15 is 0 Å². The summed E-state index contributed by atoms with van der Waals surface area (Å²) in [5, 5.41) is 3.69. The van der Waals surface area contributed by atoms with E-state index in [2.05, 4.69) is 9.88 Å². The number of benzene rings is 2. The van der Waals surface area contributed by atoms with E-state index in [4.69, 9.17) is 16.3 Å². The number of ether oxygens (including phenoxy) is 1. The predicted octanol–water partition coefficient (Wildman–Crippen LogP) is 5.18. The third kappa shape index (κ3) is 6.11. The number of nitrogens with one attached hydrogen (secondary N) is 1. The van der Waals surface area contributed by atoms with E-state index in [1.807, 2.05) is 73.8 Å². The van der Waals surface area contributed by atoms with Gasteiger partial charge in [0.1, 0.15) is 0 Å². The molecule has 0 radical (unpaired) electrons. The van der Waals surface area contributed by atoms with Crippen LogP contribution in [0, 0.1) is 6.92 Å². The van der Waals surface area contributed by atoms with Gasteiger partial charge in [0.05, 0.1) is 13.2 Å². The maximum Gasteiger partial charge on any atom is 0.322 e. The second kappa shape index (κ2) is 10.1. The van der Waals surface area contributed by atoms with Crippen LogP contribution in [0.15, 0.2) is 66.9 Å². The molecule has 2 amide bonds. The largest absolute Gasteiger partial charge is 0.383 e. The highest BCUT2D eigenvalue weighted by Gasteiger charge is 2.16. The molecule has 2 aromatic carbocycles. The number of carbonyl (C=O) groups excluding carboxylic acids is 1. The molecule has 3 aromatic rings. The quantitative estimate of drug-likeness (QED) is 0.555. The van der Waals surface area contributed by atoms with Gasteiger partial charge in [-0.05, 0) is 48.9 Å². The van der Waals surface area contributed by atoms with Crippen molar-refractivity contribution in [2.75, 3.05) is 25.6 Å². The minimum Gasteiger partial charge on any atom is -0.383 e. The molecule has 3 rings (SSSR count). The van der Waals surface area contributed by atoms with Crippen LogP contribution in [0.4, 0.5) is 10.5 Å². The third-order valence-corrected chi connectivity index (χ3v) is 4.91. The van der Waals surface area contributed by atoms with Crippen LogP contribution in [0.3, 0.4) is 0 Å². The van der Waals surface area contributed by atoms with Crippen LogP contribution in [-0.4, -0.2) is 35.8 Å². The third-order valence-electron chi connectivity index (χ3n) is 4.67. The molecule has 0 unspecified atom stereocenters. The molecule has 0 atom stereocenters. The van der Waals surface area contributed by atoms with Crippen molar-refractivity contribution in [1.82, 2.24) is 9.47 Å². The molecular weight excluding hydrogens is 386 g/mol. The Labute approximate surface area is 176 Å². The van der Waals surface area contributed by atoms with Crippen molar-refractivity contribution in [3.63, 3.8) is 0 Å². The highest BCUT2D eigenvalue weighted by Crippen LogP contribution is 2.16. The average molecular weight is 412 g/mol. The number of amides is 2. The van der Waals surface area contributed by atoms with Crippen LogP contribution in [0.5, 0.6) is 0 Å². The lowest BCUT2D eigenvalue weighted by molar-refractivity contribution is 0.152. The topological polar surface area (TPSA) is 46.5 Å². The highest BCUT2D eigenvalue weighted by atomic mass is 35.5. The van der Waals surface area contributed by atoms with E-state index in [9.17, 15) is 4.79 Å². The molecule has 0 bridgehead atoms. The summed E-state index contributed by atoms with van der Waals surface area (Å²) in [7, 11) is 1.64. The van der Waals surface area contributed by atoms with E-state index in [1.165, 1.54) is 0 Å². The molecule has 152 valence electrons. The van der Waals surface area contributed by atoms with Gasteiger partial charge in [0.25, 0.3) is 0 Å². The molecule has 6 heteroatoms. The van der Waals surface area contributed by atoms with Gasteiger partial charge in [-0.1, -0.05) is 41.4 Å². The standard InChI is InChI=1S/C23H26ClN3O2/c1-18-8-10-21(11-9-18)25-23(28)27(13-14-29-2)17-22-7-4-12-26(22)16-19-5-3-6-20(24)15-19/h3-12,15H,13-14,16-17H2,1-2H3,(H,25,28). The summed E-state index contributed by atoms with van der Waals surface area (Å²) < 4.78 is 7.33. The fourth-order valence-electron chi connectivity index (χ4n) is 3.07. The number of methoxy groups -OCH3 is 1. The predicted molar refractivity (Wildman–Crippen MR) is 117 cm³/mol. The molecule has 0 aliphatic heterocycles. The first kappa shape index (κ1) is 21.0. The Morgan fingerprint density at radius 2 is 1.93 bits per heavy atom. The van der Waals surface area contributed by atoms with Gasteiger partial charge in [0.2, 0.25) is 0 Å². The van der Waals surface area contributed by atoms with Gasteiger partial charge in [0, 0.05) is 42.8 Å². The molecule has 5 nitrogen and oxygen atoms in total. The molecule has 29 heavy (non-hydrogen) atoms. The van der Waals surface area contributed by atoms with Crippen LogP contribution in [-0.2, 0) is 17.8 Å². The second-order valence-electron chi connectivity index (χ2n) is 6.97. The van der Waals surface area contributed by atoms with Crippen molar-refractivity contribution in [1.29, 1.82) is 0 Å². The summed E-state index contributed by atoms with van der Waals surface area (Å²) >= 11 is 6.11.